The summed E-state index contributed by atoms with van der Waals surface area (Å²) in [6.45, 7) is 4.86. The lowest BCUT2D eigenvalue weighted by Gasteiger charge is -2.24. The van der Waals surface area contributed by atoms with Gasteiger partial charge in [0.25, 0.3) is 0 Å². The standard InChI is InChI=1S/C16H16F2N2S/c1-16(2,15-4-3-5-21-15)10-20-9-12-13(17)6-11(8-19)7-14(12)18/h3-7,20H,9-10H2,1-2H3. The molecule has 0 fully saturated rings. The summed E-state index contributed by atoms with van der Waals surface area (Å²) in [5.41, 5.74) is -0.142. The van der Waals surface area contributed by atoms with Crippen molar-refractivity contribution >= 4 is 11.3 Å². The Kier molecular flexibility index (Phi) is 4.71. The van der Waals surface area contributed by atoms with E-state index < -0.39 is 11.6 Å². The van der Waals surface area contributed by atoms with Crippen LogP contribution in [0.2, 0.25) is 0 Å². The maximum Gasteiger partial charge on any atom is 0.131 e. The number of rotatable bonds is 5. The van der Waals surface area contributed by atoms with Gasteiger partial charge in [0.2, 0.25) is 0 Å². The average molecular weight is 306 g/mol. The summed E-state index contributed by atoms with van der Waals surface area (Å²) in [7, 11) is 0. The van der Waals surface area contributed by atoms with E-state index in [4.69, 9.17) is 5.26 Å². The minimum atomic E-state index is -0.687. The minimum absolute atomic E-state index is 0.00679. The van der Waals surface area contributed by atoms with Crippen LogP contribution in [-0.2, 0) is 12.0 Å². The fourth-order valence-electron chi connectivity index (χ4n) is 2.09. The Labute approximate surface area is 127 Å². The Morgan fingerprint density at radius 1 is 1.29 bits per heavy atom. The van der Waals surface area contributed by atoms with Crippen LogP contribution < -0.4 is 5.32 Å². The molecule has 21 heavy (non-hydrogen) atoms. The van der Waals surface area contributed by atoms with Crippen LogP contribution in [0.1, 0.15) is 29.9 Å². The highest BCUT2D eigenvalue weighted by atomic mass is 32.1. The van der Waals surface area contributed by atoms with Crippen LogP contribution in [0.25, 0.3) is 0 Å². The molecule has 1 aromatic carbocycles. The molecule has 0 radical (unpaired) electrons. The third-order valence-electron chi connectivity index (χ3n) is 3.33. The number of nitrogens with one attached hydrogen (secondary N) is 1. The lowest BCUT2D eigenvalue weighted by atomic mass is 9.91. The van der Waals surface area contributed by atoms with Crippen LogP contribution in [0, 0.1) is 23.0 Å². The van der Waals surface area contributed by atoms with E-state index in [0.29, 0.717) is 6.54 Å². The maximum atomic E-state index is 13.8. The minimum Gasteiger partial charge on any atom is -0.312 e. The first-order chi connectivity index (χ1) is 9.94. The number of benzene rings is 1. The van der Waals surface area contributed by atoms with Crippen molar-refractivity contribution in [2.45, 2.75) is 25.8 Å². The summed E-state index contributed by atoms with van der Waals surface area (Å²) in [5.74, 6) is -1.37. The van der Waals surface area contributed by atoms with Crippen LogP contribution in [0.4, 0.5) is 8.78 Å². The van der Waals surface area contributed by atoms with Gasteiger partial charge in [0.05, 0.1) is 11.6 Å². The Balaban J connectivity index is 2.03. The summed E-state index contributed by atoms with van der Waals surface area (Å²) >= 11 is 1.66. The van der Waals surface area contributed by atoms with E-state index in [-0.39, 0.29) is 23.1 Å². The second-order valence-corrected chi connectivity index (χ2v) is 6.44. The lowest BCUT2D eigenvalue weighted by molar-refractivity contribution is 0.461. The van der Waals surface area contributed by atoms with Gasteiger partial charge in [-0.25, -0.2) is 8.78 Å². The molecular formula is C16H16F2N2S. The molecule has 2 rings (SSSR count). The molecule has 0 spiro atoms. The highest BCUT2D eigenvalue weighted by Crippen LogP contribution is 2.26. The molecule has 2 nitrogen and oxygen atoms in total. The Morgan fingerprint density at radius 3 is 2.48 bits per heavy atom. The average Bonchev–Trinajstić information content (AvgIpc) is 2.96. The van der Waals surface area contributed by atoms with E-state index >= 15 is 0 Å². The van der Waals surface area contributed by atoms with E-state index in [9.17, 15) is 8.78 Å². The topological polar surface area (TPSA) is 35.8 Å². The van der Waals surface area contributed by atoms with Crippen LogP contribution >= 0.6 is 11.3 Å². The van der Waals surface area contributed by atoms with Crippen LogP contribution in [-0.4, -0.2) is 6.54 Å². The van der Waals surface area contributed by atoms with Gasteiger partial charge in [-0.3, -0.25) is 0 Å². The van der Waals surface area contributed by atoms with Crippen molar-refractivity contribution in [3.05, 3.63) is 57.3 Å². The summed E-state index contributed by atoms with van der Waals surface area (Å²) in [5, 5.41) is 13.8. The Morgan fingerprint density at radius 2 is 1.95 bits per heavy atom. The van der Waals surface area contributed by atoms with Gasteiger partial charge >= 0.3 is 0 Å². The quantitative estimate of drug-likeness (QED) is 0.907. The predicted molar refractivity (Wildman–Crippen MR) is 80.1 cm³/mol. The third-order valence-corrected chi connectivity index (χ3v) is 4.56. The number of nitriles is 1. The van der Waals surface area contributed by atoms with Crippen molar-refractivity contribution in [1.29, 1.82) is 5.26 Å². The Bertz CT molecular complexity index is 634. The Hall–Kier alpha value is -1.77. The van der Waals surface area contributed by atoms with Gasteiger partial charge in [-0.2, -0.15) is 5.26 Å². The second kappa shape index (κ2) is 6.33. The van der Waals surface area contributed by atoms with Crippen molar-refractivity contribution in [2.75, 3.05) is 6.54 Å². The number of thiophene rings is 1. The summed E-state index contributed by atoms with van der Waals surface area (Å²) in [6.07, 6.45) is 0. The zero-order valence-electron chi connectivity index (χ0n) is 11.9. The molecule has 5 heteroatoms. The lowest BCUT2D eigenvalue weighted by Crippen LogP contribution is -2.32. The summed E-state index contributed by atoms with van der Waals surface area (Å²) < 4.78 is 27.5. The first-order valence-electron chi connectivity index (χ1n) is 6.57. The van der Waals surface area contributed by atoms with Gasteiger partial charge in [0, 0.05) is 28.9 Å². The molecule has 2 aromatic rings. The molecule has 0 aliphatic heterocycles. The molecule has 0 bridgehead atoms. The van der Waals surface area contributed by atoms with Crippen molar-refractivity contribution in [2.24, 2.45) is 0 Å². The van der Waals surface area contributed by atoms with E-state index in [1.54, 1.807) is 17.4 Å². The first kappa shape index (κ1) is 15.6. The molecule has 1 aromatic heterocycles. The highest BCUT2D eigenvalue weighted by molar-refractivity contribution is 7.10. The van der Waals surface area contributed by atoms with Crippen molar-refractivity contribution in [1.82, 2.24) is 5.32 Å². The van der Waals surface area contributed by atoms with Crippen LogP contribution in [0.3, 0.4) is 0 Å². The largest absolute Gasteiger partial charge is 0.312 e. The third kappa shape index (κ3) is 3.66. The van der Waals surface area contributed by atoms with Gasteiger partial charge in [-0.05, 0) is 23.6 Å². The number of hydrogen-bond donors (Lipinski definition) is 1. The smallest absolute Gasteiger partial charge is 0.131 e. The molecule has 1 N–H and O–H groups in total. The molecule has 0 atom stereocenters. The molecule has 1 heterocycles. The second-order valence-electron chi connectivity index (χ2n) is 5.49. The molecule has 110 valence electrons. The molecule has 0 saturated carbocycles. The zero-order chi connectivity index (χ0) is 15.5. The molecule has 0 aliphatic carbocycles. The SMILES string of the molecule is CC(C)(CNCc1c(F)cc(C#N)cc1F)c1cccs1. The molecule has 0 saturated heterocycles. The van der Waals surface area contributed by atoms with Crippen molar-refractivity contribution in [3.8, 4) is 6.07 Å². The van der Waals surface area contributed by atoms with E-state index in [1.807, 2.05) is 11.4 Å². The highest BCUT2D eigenvalue weighted by Gasteiger charge is 2.21. The summed E-state index contributed by atoms with van der Waals surface area (Å²) in [6, 6.07) is 7.89. The van der Waals surface area contributed by atoms with E-state index in [0.717, 1.165) is 12.1 Å². The molecule has 0 amide bonds. The van der Waals surface area contributed by atoms with Crippen molar-refractivity contribution in [3.63, 3.8) is 0 Å². The molecule has 0 aliphatic rings. The van der Waals surface area contributed by atoms with Gasteiger partial charge < -0.3 is 5.32 Å². The van der Waals surface area contributed by atoms with Gasteiger partial charge in [0.1, 0.15) is 11.6 Å². The number of hydrogen-bond acceptors (Lipinski definition) is 3. The molecular weight excluding hydrogens is 290 g/mol. The van der Waals surface area contributed by atoms with E-state index in [1.165, 1.54) is 4.88 Å². The number of halogens is 2. The van der Waals surface area contributed by atoms with E-state index in [2.05, 4.69) is 25.2 Å². The fraction of sp³-hybridized carbons (Fsp3) is 0.312. The van der Waals surface area contributed by atoms with Gasteiger partial charge in [0.15, 0.2) is 0 Å². The monoisotopic (exact) mass is 306 g/mol. The van der Waals surface area contributed by atoms with Crippen LogP contribution in [0.15, 0.2) is 29.6 Å². The summed E-state index contributed by atoms with van der Waals surface area (Å²) in [4.78, 5) is 1.22. The van der Waals surface area contributed by atoms with Crippen molar-refractivity contribution < 1.29 is 8.78 Å². The van der Waals surface area contributed by atoms with Crippen LogP contribution in [0.5, 0.6) is 0 Å². The first-order valence-corrected chi connectivity index (χ1v) is 7.45. The fourth-order valence-corrected chi connectivity index (χ4v) is 2.94. The normalized spacial score (nSPS) is 11.4. The van der Waals surface area contributed by atoms with Gasteiger partial charge in [-0.1, -0.05) is 19.9 Å². The predicted octanol–water partition coefficient (Wildman–Crippen LogP) is 3.97. The van der Waals surface area contributed by atoms with Gasteiger partial charge in [-0.15, -0.1) is 11.3 Å². The number of nitrogens with zero attached hydrogens (tertiary/aromatic N) is 1. The molecule has 0 unspecified atom stereocenters. The maximum absolute atomic E-state index is 13.8. The zero-order valence-corrected chi connectivity index (χ0v) is 12.7.